The molecule has 1 aliphatic heterocycles. The number of fused-ring (bicyclic) bond motifs is 1. The Morgan fingerprint density at radius 1 is 1.45 bits per heavy atom. The van der Waals surface area contributed by atoms with Crippen LogP contribution in [0.2, 0.25) is 0 Å². The highest BCUT2D eigenvalue weighted by Crippen LogP contribution is 2.25. The monoisotopic (exact) mass is 275 g/mol. The summed E-state index contributed by atoms with van der Waals surface area (Å²) in [4.78, 5) is 6.93. The average Bonchev–Trinajstić information content (AvgIpc) is 3.02. The van der Waals surface area contributed by atoms with Crippen LogP contribution in [0.4, 0.5) is 5.69 Å². The molecule has 3 N–H and O–H groups in total. The largest absolute Gasteiger partial charge is 0.439 e. The maximum atomic E-state index is 8.96. The maximum absolute atomic E-state index is 8.96. The van der Waals surface area contributed by atoms with Crippen molar-refractivity contribution in [3.63, 3.8) is 0 Å². The summed E-state index contributed by atoms with van der Waals surface area (Å²) < 4.78 is 5.78. The number of aliphatic hydroxyl groups is 1. The zero-order chi connectivity index (χ0) is 13.9. The zero-order valence-corrected chi connectivity index (χ0v) is 11.6. The second-order valence-electron chi connectivity index (χ2n) is 5.47. The fraction of sp³-hybridized carbons (Fsp3) is 0.533. The summed E-state index contributed by atoms with van der Waals surface area (Å²) in [7, 11) is 0. The zero-order valence-electron chi connectivity index (χ0n) is 11.6. The summed E-state index contributed by atoms with van der Waals surface area (Å²) in [5, 5.41) is 8.96. The Morgan fingerprint density at radius 2 is 2.35 bits per heavy atom. The fourth-order valence-corrected chi connectivity index (χ4v) is 2.99. The van der Waals surface area contributed by atoms with E-state index in [2.05, 4.69) is 9.88 Å². The van der Waals surface area contributed by atoms with Gasteiger partial charge in [-0.3, -0.25) is 4.90 Å². The molecule has 1 saturated heterocycles. The molecule has 0 radical (unpaired) electrons. The van der Waals surface area contributed by atoms with Crippen LogP contribution in [0.3, 0.4) is 0 Å². The second kappa shape index (κ2) is 5.81. The van der Waals surface area contributed by atoms with E-state index in [1.54, 1.807) is 0 Å². The van der Waals surface area contributed by atoms with Crippen LogP contribution in [0, 0.1) is 0 Å². The van der Waals surface area contributed by atoms with Crippen molar-refractivity contribution in [1.82, 2.24) is 9.88 Å². The Kier molecular flexibility index (Phi) is 3.89. The Morgan fingerprint density at radius 3 is 3.20 bits per heavy atom. The highest BCUT2D eigenvalue weighted by atomic mass is 16.3. The van der Waals surface area contributed by atoms with Crippen molar-refractivity contribution in [3.05, 3.63) is 24.1 Å². The van der Waals surface area contributed by atoms with Gasteiger partial charge in [-0.1, -0.05) is 0 Å². The van der Waals surface area contributed by atoms with Crippen molar-refractivity contribution >= 4 is 16.8 Å². The van der Waals surface area contributed by atoms with E-state index < -0.39 is 0 Å². The van der Waals surface area contributed by atoms with Crippen molar-refractivity contribution in [2.24, 2.45) is 0 Å². The summed E-state index contributed by atoms with van der Waals surface area (Å²) in [5.41, 5.74) is 8.07. The molecule has 1 aliphatic rings. The van der Waals surface area contributed by atoms with Crippen LogP contribution in [0.1, 0.15) is 31.6 Å². The lowest BCUT2D eigenvalue weighted by Crippen LogP contribution is -2.29. The predicted octanol–water partition coefficient (Wildman–Crippen LogP) is 2.15. The smallest absolute Gasteiger partial charge is 0.209 e. The number of hydrogen-bond donors (Lipinski definition) is 2. The third-order valence-corrected chi connectivity index (χ3v) is 3.99. The molecule has 108 valence electrons. The van der Waals surface area contributed by atoms with Gasteiger partial charge in [-0.15, -0.1) is 0 Å². The normalized spacial score (nSPS) is 19.9. The number of anilines is 1. The lowest BCUT2D eigenvalue weighted by Gasteiger charge is -2.22. The molecule has 1 fully saturated rings. The van der Waals surface area contributed by atoms with Gasteiger partial charge in [0, 0.05) is 24.4 Å². The Labute approximate surface area is 118 Å². The van der Waals surface area contributed by atoms with Crippen LogP contribution in [0.5, 0.6) is 0 Å². The molecule has 2 heterocycles. The van der Waals surface area contributed by atoms with Crippen LogP contribution in [0.15, 0.2) is 22.6 Å². The van der Waals surface area contributed by atoms with Gasteiger partial charge in [-0.05, 0) is 44.4 Å². The topological polar surface area (TPSA) is 75.5 Å². The standard InChI is InChI=1S/C15H21N3O2/c16-11-5-6-13-14(9-11)20-15(17-13)10-18-7-1-3-12(18)4-2-8-19/h5-6,9,12,19H,1-4,7-8,10,16H2. The number of rotatable bonds is 5. The molecule has 1 atom stereocenters. The molecule has 0 spiro atoms. The van der Waals surface area contributed by atoms with Crippen molar-refractivity contribution in [2.45, 2.75) is 38.3 Å². The number of likely N-dealkylation sites (tertiary alicyclic amines) is 1. The van der Waals surface area contributed by atoms with E-state index in [-0.39, 0.29) is 6.61 Å². The van der Waals surface area contributed by atoms with Gasteiger partial charge in [-0.2, -0.15) is 0 Å². The quantitative estimate of drug-likeness (QED) is 0.818. The first-order chi connectivity index (χ1) is 9.76. The Hall–Kier alpha value is -1.59. The first-order valence-electron chi connectivity index (χ1n) is 7.26. The van der Waals surface area contributed by atoms with Gasteiger partial charge in [0.05, 0.1) is 6.54 Å². The van der Waals surface area contributed by atoms with E-state index >= 15 is 0 Å². The van der Waals surface area contributed by atoms with Crippen LogP contribution in [0.25, 0.3) is 11.1 Å². The summed E-state index contributed by atoms with van der Waals surface area (Å²) >= 11 is 0. The molecule has 5 nitrogen and oxygen atoms in total. The number of aromatic nitrogens is 1. The maximum Gasteiger partial charge on any atom is 0.209 e. The van der Waals surface area contributed by atoms with Gasteiger partial charge in [0.25, 0.3) is 0 Å². The van der Waals surface area contributed by atoms with Crippen LogP contribution >= 0.6 is 0 Å². The second-order valence-corrected chi connectivity index (χ2v) is 5.47. The van der Waals surface area contributed by atoms with E-state index in [1.165, 1.54) is 12.8 Å². The highest BCUT2D eigenvalue weighted by molar-refractivity contribution is 5.76. The Bertz CT molecular complexity index is 582. The number of nitrogen functional groups attached to an aromatic ring is 1. The molecular weight excluding hydrogens is 254 g/mol. The SMILES string of the molecule is Nc1ccc2nc(CN3CCCC3CCCO)oc2c1. The minimum absolute atomic E-state index is 0.270. The van der Waals surface area contributed by atoms with Crippen LogP contribution in [-0.2, 0) is 6.54 Å². The average molecular weight is 275 g/mol. The van der Waals surface area contributed by atoms with Gasteiger partial charge in [0.15, 0.2) is 5.58 Å². The molecule has 2 aromatic rings. The molecule has 1 unspecified atom stereocenters. The number of oxazole rings is 1. The summed E-state index contributed by atoms with van der Waals surface area (Å²) in [5.74, 6) is 0.751. The predicted molar refractivity (Wildman–Crippen MR) is 78.2 cm³/mol. The van der Waals surface area contributed by atoms with Crippen molar-refractivity contribution in [2.75, 3.05) is 18.9 Å². The van der Waals surface area contributed by atoms with Crippen molar-refractivity contribution in [1.29, 1.82) is 0 Å². The molecule has 3 rings (SSSR count). The van der Waals surface area contributed by atoms with E-state index in [1.807, 2.05) is 18.2 Å². The van der Waals surface area contributed by atoms with Crippen LogP contribution in [-0.4, -0.2) is 34.2 Å². The molecule has 0 aliphatic carbocycles. The van der Waals surface area contributed by atoms with E-state index in [0.717, 1.165) is 42.9 Å². The Balaban J connectivity index is 1.71. The summed E-state index contributed by atoms with van der Waals surface area (Å²) in [6, 6.07) is 6.10. The van der Waals surface area contributed by atoms with E-state index in [0.29, 0.717) is 11.7 Å². The lowest BCUT2D eigenvalue weighted by molar-refractivity contribution is 0.196. The molecule has 1 aromatic heterocycles. The van der Waals surface area contributed by atoms with Gasteiger partial charge >= 0.3 is 0 Å². The van der Waals surface area contributed by atoms with Gasteiger partial charge in [0.2, 0.25) is 5.89 Å². The molecule has 0 amide bonds. The molecule has 20 heavy (non-hydrogen) atoms. The number of benzene rings is 1. The van der Waals surface area contributed by atoms with E-state index in [4.69, 9.17) is 15.3 Å². The summed E-state index contributed by atoms with van der Waals surface area (Å²) in [6.07, 6.45) is 4.32. The van der Waals surface area contributed by atoms with Crippen molar-refractivity contribution in [3.8, 4) is 0 Å². The first-order valence-corrected chi connectivity index (χ1v) is 7.26. The minimum Gasteiger partial charge on any atom is -0.439 e. The summed E-state index contributed by atoms with van der Waals surface area (Å²) in [6.45, 7) is 2.09. The molecule has 1 aromatic carbocycles. The fourth-order valence-electron chi connectivity index (χ4n) is 2.99. The van der Waals surface area contributed by atoms with Gasteiger partial charge in [-0.25, -0.2) is 4.98 Å². The third kappa shape index (κ3) is 2.78. The number of nitrogens with two attached hydrogens (primary N) is 1. The van der Waals surface area contributed by atoms with Gasteiger partial charge in [0.1, 0.15) is 5.52 Å². The van der Waals surface area contributed by atoms with Crippen LogP contribution < -0.4 is 5.73 Å². The number of nitrogens with zero attached hydrogens (tertiary/aromatic N) is 2. The third-order valence-electron chi connectivity index (χ3n) is 3.99. The molecule has 5 heteroatoms. The minimum atomic E-state index is 0.270. The lowest BCUT2D eigenvalue weighted by atomic mass is 10.1. The van der Waals surface area contributed by atoms with Crippen molar-refractivity contribution < 1.29 is 9.52 Å². The molecule has 0 bridgehead atoms. The molecule has 0 saturated carbocycles. The number of hydrogen-bond acceptors (Lipinski definition) is 5. The number of aliphatic hydroxyl groups excluding tert-OH is 1. The highest BCUT2D eigenvalue weighted by Gasteiger charge is 2.25. The first kappa shape index (κ1) is 13.4. The molecular formula is C15H21N3O2. The van der Waals surface area contributed by atoms with Gasteiger partial charge < -0.3 is 15.3 Å². The van der Waals surface area contributed by atoms with E-state index in [9.17, 15) is 0 Å².